The van der Waals surface area contributed by atoms with Crippen LogP contribution in [0.5, 0.6) is 0 Å². The Kier molecular flexibility index (Phi) is 7.41. The first-order chi connectivity index (χ1) is 12.5. The second-order valence-electron chi connectivity index (χ2n) is 5.43. The zero-order valence-electron chi connectivity index (χ0n) is 14.3. The van der Waals surface area contributed by atoms with Gasteiger partial charge >= 0.3 is 6.18 Å². The number of pyridine rings is 1. The van der Waals surface area contributed by atoms with E-state index in [1.54, 1.807) is 7.05 Å². The van der Waals surface area contributed by atoms with E-state index in [0.717, 1.165) is 28.1 Å². The highest BCUT2D eigenvalue weighted by Crippen LogP contribution is 2.29. The maximum atomic E-state index is 12.6. The number of hydrogen-bond acceptors (Lipinski definition) is 4. The molecule has 0 unspecified atom stereocenters. The highest BCUT2D eigenvalue weighted by atomic mass is 127. The molecule has 0 fully saturated rings. The molecule has 3 rings (SSSR count). The van der Waals surface area contributed by atoms with Crippen molar-refractivity contribution < 1.29 is 13.2 Å². The van der Waals surface area contributed by atoms with Gasteiger partial charge in [-0.1, -0.05) is 6.07 Å². The Morgan fingerprint density at radius 2 is 2.07 bits per heavy atom. The fourth-order valence-electron chi connectivity index (χ4n) is 2.32. The third-order valence-corrected chi connectivity index (χ3v) is 4.41. The van der Waals surface area contributed by atoms with Crippen molar-refractivity contribution >= 4 is 46.9 Å². The van der Waals surface area contributed by atoms with Gasteiger partial charge in [0, 0.05) is 37.8 Å². The Labute approximate surface area is 175 Å². The number of thiazole rings is 1. The first-order valence-electron chi connectivity index (χ1n) is 7.84. The van der Waals surface area contributed by atoms with E-state index in [-0.39, 0.29) is 30.5 Å². The number of nitrogens with one attached hydrogen (secondary N) is 2. The van der Waals surface area contributed by atoms with Gasteiger partial charge in [-0.15, -0.1) is 35.3 Å². The highest BCUT2D eigenvalue weighted by Gasteiger charge is 2.33. The minimum Gasteiger partial charge on any atom is -0.356 e. The van der Waals surface area contributed by atoms with Crippen molar-refractivity contribution in [2.24, 2.45) is 4.99 Å². The molecule has 0 aromatic carbocycles. The van der Waals surface area contributed by atoms with Crippen molar-refractivity contribution in [3.8, 4) is 0 Å². The summed E-state index contributed by atoms with van der Waals surface area (Å²) in [5.74, 6) is 0.498. The van der Waals surface area contributed by atoms with E-state index >= 15 is 0 Å². The molecule has 0 aliphatic heterocycles. The number of rotatable bonds is 5. The normalized spacial score (nSPS) is 12.1. The Hall–Kier alpha value is -1.89. The molecule has 6 nitrogen and oxygen atoms in total. The van der Waals surface area contributed by atoms with Crippen LogP contribution in [0.1, 0.15) is 16.4 Å². The van der Waals surface area contributed by atoms with Crippen LogP contribution >= 0.6 is 35.3 Å². The monoisotopic (exact) mass is 510 g/mol. The van der Waals surface area contributed by atoms with Gasteiger partial charge in [-0.2, -0.15) is 13.2 Å². The number of imidazole rings is 1. The lowest BCUT2D eigenvalue weighted by molar-refractivity contribution is -0.140. The van der Waals surface area contributed by atoms with Gasteiger partial charge in [-0.05, 0) is 12.1 Å². The lowest BCUT2D eigenvalue weighted by Crippen LogP contribution is -2.37. The molecule has 2 N–H and O–H groups in total. The predicted octanol–water partition coefficient (Wildman–Crippen LogP) is 3.34. The number of alkyl halides is 3. The van der Waals surface area contributed by atoms with Crippen LogP contribution in [0.2, 0.25) is 0 Å². The van der Waals surface area contributed by atoms with Crippen LogP contribution in [0.15, 0.2) is 41.0 Å². The number of fused-ring (bicyclic) bond motifs is 1. The molecule has 0 saturated heterocycles. The van der Waals surface area contributed by atoms with Crippen molar-refractivity contribution in [1.82, 2.24) is 25.0 Å². The Balaban J connectivity index is 0.00000261. The summed E-state index contributed by atoms with van der Waals surface area (Å²) in [6.07, 6.45) is 0.172. The lowest BCUT2D eigenvalue weighted by Gasteiger charge is -2.10. The molecule has 0 aliphatic carbocycles. The maximum Gasteiger partial charge on any atom is 0.434 e. The number of aliphatic imine (C=N–C) groups is 1. The van der Waals surface area contributed by atoms with Crippen LogP contribution in [0.3, 0.4) is 0 Å². The van der Waals surface area contributed by atoms with Gasteiger partial charge in [0.2, 0.25) is 0 Å². The van der Waals surface area contributed by atoms with Crippen molar-refractivity contribution in [2.45, 2.75) is 19.1 Å². The largest absolute Gasteiger partial charge is 0.434 e. The van der Waals surface area contributed by atoms with Crippen LogP contribution in [0, 0.1) is 0 Å². The summed E-state index contributed by atoms with van der Waals surface area (Å²) in [5.41, 5.74) is 0.956. The zero-order valence-corrected chi connectivity index (χ0v) is 17.5. The average molecular weight is 510 g/mol. The molecular weight excluding hydrogens is 492 g/mol. The minimum atomic E-state index is -4.41. The summed E-state index contributed by atoms with van der Waals surface area (Å²) in [7, 11) is 1.60. The van der Waals surface area contributed by atoms with E-state index < -0.39 is 11.9 Å². The van der Waals surface area contributed by atoms with Gasteiger partial charge in [0.25, 0.3) is 0 Å². The summed E-state index contributed by atoms with van der Waals surface area (Å²) in [5, 5.41) is 7.43. The number of nitrogens with zero attached hydrogens (tertiary/aromatic N) is 4. The Morgan fingerprint density at radius 3 is 2.74 bits per heavy atom. The summed E-state index contributed by atoms with van der Waals surface area (Å²) < 4.78 is 39.6. The summed E-state index contributed by atoms with van der Waals surface area (Å²) in [6.45, 7) is 0.768. The molecule has 0 radical (unpaired) electrons. The predicted molar refractivity (Wildman–Crippen MR) is 110 cm³/mol. The van der Waals surface area contributed by atoms with E-state index in [2.05, 4.69) is 25.6 Å². The van der Waals surface area contributed by atoms with Crippen LogP contribution in [0.25, 0.3) is 5.65 Å². The first kappa shape index (κ1) is 21.4. The van der Waals surface area contributed by atoms with Crippen molar-refractivity contribution in [3.63, 3.8) is 0 Å². The number of guanidine groups is 1. The van der Waals surface area contributed by atoms with Crippen molar-refractivity contribution in [1.29, 1.82) is 0 Å². The number of aromatic nitrogens is 3. The molecule has 3 aromatic rings. The molecule has 27 heavy (non-hydrogen) atoms. The average Bonchev–Trinajstić information content (AvgIpc) is 3.23. The van der Waals surface area contributed by atoms with E-state index in [1.165, 1.54) is 0 Å². The van der Waals surface area contributed by atoms with E-state index in [0.29, 0.717) is 23.9 Å². The zero-order chi connectivity index (χ0) is 18.6. The standard InChI is InChI=1S/C16H17F3N6S.HI/c1-20-15(22-8-14-24-12(10-26-14)16(17,18)19)21-6-5-11-9-25-7-3-2-4-13(25)23-11;/h2-4,7,9-10H,5-6,8H2,1H3,(H2,20,21,22);1H. The molecule has 0 saturated carbocycles. The first-order valence-corrected chi connectivity index (χ1v) is 8.72. The summed E-state index contributed by atoms with van der Waals surface area (Å²) in [6, 6.07) is 5.80. The third-order valence-electron chi connectivity index (χ3n) is 3.56. The van der Waals surface area contributed by atoms with E-state index in [9.17, 15) is 13.2 Å². The van der Waals surface area contributed by atoms with Gasteiger partial charge in [0.1, 0.15) is 10.7 Å². The quantitative estimate of drug-likeness (QED) is 0.314. The number of halogens is 4. The minimum absolute atomic E-state index is 0. The molecule has 0 spiro atoms. The van der Waals surface area contributed by atoms with E-state index in [1.807, 2.05) is 35.0 Å². The Bertz CT molecular complexity index is 872. The fraction of sp³-hybridized carbons (Fsp3) is 0.312. The molecule has 11 heteroatoms. The lowest BCUT2D eigenvalue weighted by atomic mass is 10.3. The third kappa shape index (κ3) is 5.79. The Morgan fingerprint density at radius 1 is 1.26 bits per heavy atom. The number of hydrogen-bond donors (Lipinski definition) is 2. The molecule has 0 aliphatic rings. The van der Waals surface area contributed by atoms with Gasteiger partial charge in [-0.3, -0.25) is 4.99 Å². The molecule has 3 aromatic heterocycles. The van der Waals surface area contributed by atoms with Crippen molar-refractivity contribution in [3.05, 3.63) is 52.4 Å². The second-order valence-corrected chi connectivity index (χ2v) is 6.37. The summed E-state index contributed by atoms with van der Waals surface area (Å²) >= 11 is 0.963. The van der Waals surface area contributed by atoms with E-state index in [4.69, 9.17) is 0 Å². The topological polar surface area (TPSA) is 66.6 Å². The second kappa shape index (κ2) is 9.35. The smallest absolute Gasteiger partial charge is 0.356 e. The van der Waals surface area contributed by atoms with Crippen molar-refractivity contribution in [2.75, 3.05) is 13.6 Å². The maximum absolute atomic E-state index is 12.6. The van der Waals surface area contributed by atoms with Gasteiger partial charge in [0.05, 0.1) is 12.2 Å². The fourth-order valence-corrected chi connectivity index (χ4v) is 3.06. The summed E-state index contributed by atoms with van der Waals surface area (Å²) in [4.78, 5) is 12.1. The van der Waals surface area contributed by atoms with Crippen LogP contribution < -0.4 is 10.6 Å². The molecule has 0 bridgehead atoms. The SMILES string of the molecule is CN=C(NCCc1cn2ccccc2n1)NCc1nc(C(F)(F)F)cs1.I. The van der Waals surface area contributed by atoms with Gasteiger partial charge < -0.3 is 15.0 Å². The molecule has 0 atom stereocenters. The van der Waals surface area contributed by atoms with Gasteiger partial charge in [0.15, 0.2) is 11.7 Å². The molecule has 146 valence electrons. The van der Waals surface area contributed by atoms with Crippen LogP contribution in [-0.4, -0.2) is 33.9 Å². The molecule has 3 heterocycles. The molecular formula is C16H18F3IN6S. The van der Waals surface area contributed by atoms with Crippen LogP contribution in [-0.2, 0) is 19.1 Å². The molecule has 0 amide bonds. The highest BCUT2D eigenvalue weighted by molar-refractivity contribution is 14.0. The van der Waals surface area contributed by atoms with Crippen LogP contribution in [0.4, 0.5) is 13.2 Å². The van der Waals surface area contributed by atoms with Gasteiger partial charge in [-0.25, -0.2) is 9.97 Å².